The molecule has 0 N–H and O–H groups in total. The number of thiophene rings is 1. The molecule has 0 amide bonds. The third-order valence-electron chi connectivity index (χ3n) is 3.20. The highest BCUT2D eigenvalue weighted by Crippen LogP contribution is 2.19. The minimum absolute atomic E-state index is 0.0203. The van der Waals surface area contributed by atoms with Crippen LogP contribution in [0.5, 0.6) is 0 Å². The van der Waals surface area contributed by atoms with Crippen LogP contribution in [0, 0.1) is 6.92 Å². The van der Waals surface area contributed by atoms with Crippen molar-refractivity contribution in [3.63, 3.8) is 0 Å². The van der Waals surface area contributed by atoms with Crippen molar-refractivity contribution in [2.45, 2.75) is 26.9 Å². The van der Waals surface area contributed by atoms with Gasteiger partial charge in [0, 0.05) is 12.7 Å². The van der Waals surface area contributed by atoms with Gasteiger partial charge in [0.05, 0.1) is 30.4 Å². The van der Waals surface area contributed by atoms with Gasteiger partial charge >= 0.3 is 0 Å². The van der Waals surface area contributed by atoms with Gasteiger partial charge in [0.25, 0.3) is 5.56 Å². The van der Waals surface area contributed by atoms with E-state index in [0.717, 1.165) is 28.0 Å². The topological polar surface area (TPSA) is 52.7 Å². The molecule has 0 saturated carbocycles. The zero-order valence-electron chi connectivity index (χ0n) is 10.8. The molecule has 0 fully saturated rings. The summed E-state index contributed by atoms with van der Waals surface area (Å²) in [6, 6.07) is 0. The number of hydrogen-bond donors (Lipinski definition) is 0. The van der Waals surface area contributed by atoms with Crippen LogP contribution >= 0.6 is 11.3 Å². The Labute approximate surface area is 114 Å². The number of hydrogen-bond acceptors (Lipinski definition) is 4. The Morgan fingerprint density at radius 3 is 2.95 bits per heavy atom. The first-order chi connectivity index (χ1) is 9.20. The third-order valence-corrected chi connectivity index (χ3v) is 4.27. The van der Waals surface area contributed by atoms with Crippen LogP contribution in [0.3, 0.4) is 0 Å². The molecule has 3 heterocycles. The highest BCUT2D eigenvalue weighted by Gasteiger charge is 2.10. The summed E-state index contributed by atoms with van der Waals surface area (Å²) in [5.74, 6) is 0. The van der Waals surface area contributed by atoms with E-state index in [4.69, 9.17) is 0 Å². The Morgan fingerprint density at radius 1 is 1.32 bits per heavy atom. The Kier molecular flexibility index (Phi) is 2.94. The van der Waals surface area contributed by atoms with Gasteiger partial charge in [-0.05, 0) is 24.8 Å². The molecule has 0 aliphatic carbocycles. The van der Waals surface area contributed by atoms with Gasteiger partial charge in [0.15, 0.2) is 0 Å². The van der Waals surface area contributed by atoms with Crippen molar-refractivity contribution in [2.75, 3.05) is 0 Å². The number of rotatable bonds is 3. The van der Waals surface area contributed by atoms with Crippen molar-refractivity contribution in [3.8, 4) is 0 Å². The predicted molar refractivity (Wildman–Crippen MR) is 75.6 cm³/mol. The van der Waals surface area contributed by atoms with Crippen LogP contribution in [0.1, 0.15) is 18.2 Å². The average molecular weight is 274 g/mol. The molecule has 6 heteroatoms. The van der Waals surface area contributed by atoms with Crippen molar-refractivity contribution >= 4 is 21.6 Å². The lowest BCUT2D eigenvalue weighted by Crippen LogP contribution is -2.21. The van der Waals surface area contributed by atoms with Crippen molar-refractivity contribution in [2.24, 2.45) is 0 Å². The second-order valence-electron chi connectivity index (χ2n) is 4.45. The molecule has 0 saturated heterocycles. The summed E-state index contributed by atoms with van der Waals surface area (Å²) in [4.78, 5) is 20.9. The first-order valence-corrected chi connectivity index (χ1v) is 7.01. The van der Waals surface area contributed by atoms with E-state index in [1.807, 2.05) is 16.9 Å². The maximum Gasteiger partial charge on any atom is 0.271 e. The molecule has 19 heavy (non-hydrogen) atoms. The van der Waals surface area contributed by atoms with Crippen LogP contribution in [-0.2, 0) is 13.1 Å². The second kappa shape index (κ2) is 4.62. The molecule has 0 spiro atoms. The zero-order chi connectivity index (χ0) is 13.4. The van der Waals surface area contributed by atoms with Crippen molar-refractivity contribution in [1.82, 2.24) is 19.1 Å². The van der Waals surface area contributed by atoms with Crippen molar-refractivity contribution in [1.29, 1.82) is 0 Å². The van der Waals surface area contributed by atoms with Crippen LogP contribution in [0.2, 0.25) is 0 Å². The molecule has 3 aromatic heterocycles. The van der Waals surface area contributed by atoms with Gasteiger partial charge in [-0.1, -0.05) is 0 Å². The quantitative estimate of drug-likeness (QED) is 0.734. The molecule has 5 nitrogen and oxygen atoms in total. The average Bonchev–Trinajstić information content (AvgIpc) is 3.00. The van der Waals surface area contributed by atoms with Gasteiger partial charge in [-0.15, -0.1) is 11.3 Å². The molecular weight excluding hydrogens is 260 g/mol. The first-order valence-electron chi connectivity index (χ1n) is 6.13. The zero-order valence-corrected chi connectivity index (χ0v) is 11.6. The summed E-state index contributed by atoms with van der Waals surface area (Å²) >= 11 is 1.46. The van der Waals surface area contributed by atoms with Crippen LogP contribution in [-0.4, -0.2) is 19.1 Å². The second-order valence-corrected chi connectivity index (χ2v) is 5.32. The third kappa shape index (κ3) is 1.98. The summed E-state index contributed by atoms with van der Waals surface area (Å²) in [6.45, 7) is 5.38. The summed E-state index contributed by atoms with van der Waals surface area (Å²) in [7, 11) is 0. The first kappa shape index (κ1) is 12.1. The summed E-state index contributed by atoms with van der Waals surface area (Å²) in [5.41, 5.74) is 2.91. The Hall–Kier alpha value is -1.95. The van der Waals surface area contributed by atoms with Crippen molar-refractivity contribution < 1.29 is 0 Å². The monoisotopic (exact) mass is 274 g/mol. The largest absolute Gasteiger partial charge is 0.333 e. The molecule has 0 aromatic carbocycles. The normalized spacial score (nSPS) is 11.3. The molecule has 0 atom stereocenters. The van der Waals surface area contributed by atoms with E-state index in [2.05, 4.69) is 16.9 Å². The molecule has 98 valence electrons. The van der Waals surface area contributed by atoms with Gasteiger partial charge in [0.1, 0.15) is 4.70 Å². The smallest absolute Gasteiger partial charge is 0.271 e. The standard InChI is InChI=1S/C13H14N4OS/c1-3-16-7-14-4-10(16)5-17-8-15-11-9(2)6-19-12(11)13(17)18/h4,6-8H,3,5H2,1-2H3. The predicted octanol–water partition coefficient (Wildman–Crippen LogP) is 2.03. The Bertz CT molecular complexity index is 783. The molecule has 3 aromatic rings. The fourth-order valence-corrected chi connectivity index (χ4v) is 3.06. The van der Waals surface area contributed by atoms with Crippen molar-refractivity contribution in [3.05, 3.63) is 45.8 Å². The van der Waals surface area contributed by atoms with E-state index in [0.29, 0.717) is 6.54 Å². The van der Waals surface area contributed by atoms with Gasteiger partial charge in [0.2, 0.25) is 0 Å². The van der Waals surface area contributed by atoms with E-state index in [1.165, 1.54) is 11.3 Å². The minimum atomic E-state index is 0.0203. The van der Waals surface area contributed by atoms with Gasteiger partial charge in [-0.25, -0.2) is 9.97 Å². The molecule has 0 bridgehead atoms. The Balaban J connectivity index is 2.07. The van der Waals surface area contributed by atoms with E-state index < -0.39 is 0 Å². The maximum atomic E-state index is 12.4. The molecular formula is C13H14N4OS. The lowest BCUT2D eigenvalue weighted by Gasteiger charge is -2.07. The molecule has 0 radical (unpaired) electrons. The fourth-order valence-electron chi connectivity index (χ4n) is 2.11. The van der Waals surface area contributed by atoms with Gasteiger partial charge < -0.3 is 4.57 Å². The van der Waals surface area contributed by atoms with E-state index in [9.17, 15) is 4.79 Å². The summed E-state index contributed by atoms with van der Waals surface area (Å²) < 4.78 is 4.39. The van der Waals surface area contributed by atoms with Crippen LogP contribution < -0.4 is 5.56 Å². The van der Waals surface area contributed by atoms with Crippen LogP contribution in [0.15, 0.2) is 29.0 Å². The number of aromatic nitrogens is 4. The van der Waals surface area contributed by atoms with Crippen LogP contribution in [0.25, 0.3) is 10.2 Å². The highest BCUT2D eigenvalue weighted by molar-refractivity contribution is 7.17. The maximum absolute atomic E-state index is 12.4. The minimum Gasteiger partial charge on any atom is -0.333 e. The Morgan fingerprint density at radius 2 is 2.16 bits per heavy atom. The van der Waals surface area contributed by atoms with Crippen LogP contribution in [0.4, 0.5) is 0 Å². The number of imidazole rings is 1. The molecule has 0 aliphatic heterocycles. The summed E-state index contributed by atoms with van der Waals surface area (Å²) in [5, 5.41) is 1.97. The lowest BCUT2D eigenvalue weighted by atomic mass is 10.3. The van der Waals surface area contributed by atoms with E-state index in [-0.39, 0.29) is 5.56 Å². The van der Waals surface area contributed by atoms with E-state index >= 15 is 0 Å². The summed E-state index contributed by atoms with van der Waals surface area (Å²) in [6.07, 6.45) is 5.19. The molecule has 0 unspecified atom stereocenters. The fraction of sp³-hybridized carbons (Fsp3) is 0.308. The SMILES string of the molecule is CCn1cncc1Cn1cnc2c(C)csc2c1=O. The number of fused-ring (bicyclic) bond motifs is 1. The van der Waals surface area contributed by atoms with Gasteiger partial charge in [-0.3, -0.25) is 9.36 Å². The van der Waals surface area contributed by atoms with Gasteiger partial charge in [-0.2, -0.15) is 0 Å². The highest BCUT2D eigenvalue weighted by atomic mass is 32.1. The van der Waals surface area contributed by atoms with E-state index in [1.54, 1.807) is 23.4 Å². The number of nitrogens with zero attached hydrogens (tertiary/aromatic N) is 4. The molecule has 3 rings (SSSR count). The number of aryl methyl sites for hydroxylation is 2. The lowest BCUT2D eigenvalue weighted by molar-refractivity contribution is 0.653. The molecule has 0 aliphatic rings.